The molecule has 0 bridgehead atoms. The zero-order valence-corrected chi connectivity index (χ0v) is 21.1. The maximum atomic E-state index is 12.6. The Morgan fingerprint density at radius 1 is 1.21 bits per heavy atom. The topological polar surface area (TPSA) is 74.5 Å². The van der Waals surface area contributed by atoms with Crippen LogP contribution in [0.2, 0.25) is 0 Å². The third kappa shape index (κ3) is 6.89. The van der Waals surface area contributed by atoms with Gasteiger partial charge in [-0.2, -0.15) is 0 Å². The summed E-state index contributed by atoms with van der Waals surface area (Å²) in [4.78, 5) is 17.5. The van der Waals surface area contributed by atoms with Crippen LogP contribution in [0.5, 0.6) is 0 Å². The van der Waals surface area contributed by atoms with Crippen molar-refractivity contribution in [2.75, 3.05) is 0 Å². The van der Waals surface area contributed by atoms with Crippen LogP contribution in [0, 0.1) is 5.41 Å². The van der Waals surface area contributed by atoms with Crippen molar-refractivity contribution in [3.05, 3.63) is 82.6 Å². The van der Waals surface area contributed by atoms with Crippen LogP contribution in [-0.2, 0) is 11.2 Å². The van der Waals surface area contributed by atoms with Crippen molar-refractivity contribution in [1.82, 2.24) is 5.32 Å². The highest BCUT2D eigenvalue weighted by Crippen LogP contribution is 2.30. The molecule has 180 valence electrons. The van der Waals surface area contributed by atoms with E-state index in [0.29, 0.717) is 5.71 Å². The number of carbonyl (C=O) groups excluding carboxylic acids is 1. The number of amides is 1. The Labute approximate surface area is 203 Å². The van der Waals surface area contributed by atoms with Gasteiger partial charge >= 0.3 is 6.09 Å². The van der Waals surface area contributed by atoms with Gasteiger partial charge in [-0.3, -0.25) is 4.99 Å². The van der Waals surface area contributed by atoms with Gasteiger partial charge in [-0.15, -0.1) is 0 Å². The first-order valence-electron chi connectivity index (χ1n) is 12.0. The van der Waals surface area contributed by atoms with Gasteiger partial charge in [0.15, 0.2) is 0 Å². The number of ether oxygens (including phenoxy) is 1. The van der Waals surface area contributed by atoms with Gasteiger partial charge in [-0.05, 0) is 101 Å². The second-order valence-electron chi connectivity index (χ2n) is 10.0. The summed E-state index contributed by atoms with van der Waals surface area (Å²) in [7, 11) is 0. The minimum atomic E-state index is -0.543. The summed E-state index contributed by atoms with van der Waals surface area (Å²) < 4.78 is 5.54. The molecule has 5 nitrogen and oxygen atoms in total. The molecular formula is C29H37N3O2. The molecule has 34 heavy (non-hydrogen) atoms. The molecule has 1 aliphatic heterocycles. The lowest BCUT2D eigenvalue weighted by atomic mass is 9.90. The van der Waals surface area contributed by atoms with E-state index in [9.17, 15) is 4.79 Å². The van der Waals surface area contributed by atoms with Gasteiger partial charge in [0.1, 0.15) is 5.60 Å². The Morgan fingerprint density at radius 3 is 2.65 bits per heavy atom. The number of fused-ring (bicyclic) bond motifs is 1. The number of nitrogens with zero attached hydrogens (tertiary/aromatic N) is 1. The van der Waals surface area contributed by atoms with Crippen LogP contribution >= 0.6 is 0 Å². The third-order valence-corrected chi connectivity index (χ3v) is 5.92. The van der Waals surface area contributed by atoms with Gasteiger partial charge in [0.2, 0.25) is 0 Å². The van der Waals surface area contributed by atoms with E-state index >= 15 is 0 Å². The summed E-state index contributed by atoms with van der Waals surface area (Å²) in [5.74, 6) is 0. The van der Waals surface area contributed by atoms with Crippen LogP contribution in [0.15, 0.2) is 76.5 Å². The van der Waals surface area contributed by atoms with Gasteiger partial charge in [0.05, 0.1) is 11.7 Å². The molecule has 0 spiro atoms. The van der Waals surface area contributed by atoms with Gasteiger partial charge in [-0.1, -0.05) is 36.9 Å². The van der Waals surface area contributed by atoms with Crippen LogP contribution < -0.4 is 5.32 Å². The molecule has 1 aliphatic carbocycles. The van der Waals surface area contributed by atoms with Crippen molar-refractivity contribution in [2.24, 2.45) is 4.99 Å². The molecule has 1 aromatic rings. The predicted molar refractivity (Wildman–Crippen MR) is 141 cm³/mol. The number of aliphatic imine (C=N–C) groups is 1. The Hall–Kier alpha value is -3.21. The summed E-state index contributed by atoms with van der Waals surface area (Å²) >= 11 is 0. The molecule has 2 aliphatic rings. The van der Waals surface area contributed by atoms with E-state index in [-0.39, 0.29) is 6.04 Å². The minimum Gasteiger partial charge on any atom is -0.444 e. The molecule has 0 unspecified atom stereocenters. The van der Waals surface area contributed by atoms with Crippen LogP contribution in [-0.4, -0.2) is 23.1 Å². The molecule has 3 rings (SSSR count). The Kier molecular flexibility index (Phi) is 8.08. The molecule has 5 heteroatoms. The minimum absolute atomic E-state index is 0.126. The monoisotopic (exact) mass is 459 g/mol. The number of carbonyl (C=O) groups is 1. The Bertz CT molecular complexity index is 1100. The van der Waals surface area contributed by atoms with Crippen molar-refractivity contribution in [3.8, 4) is 0 Å². The number of alkyl carbamates (subject to hydrolysis) is 1. The molecule has 0 fully saturated rings. The summed E-state index contributed by atoms with van der Waals surface area (Å²) in [6, 6.07) is 8.23. The SMILES string of the molecule is C=C1C=C(C(C)=N)C(C)=NC(/C2=C/CC[C@H](NC(=O)OC(C)(C)C)c3ccccc3CCC2)=C1. The summed E-state index contributed by atoms with van der Waals surface area (Å²) in [6.45, 7) is 13.5. The number of hydrogen-bond acceptors (Lipinski definition) is 4. The first kappa shape index (κ1) is 25.4. The largest absolute Gasteiger partial charge is 0.444 e. The van der Waals surface area contributed by atoms with Crippen molar-refractivity contribution in [1.29, 1.82) is 5.41 Å². The van der Waals surface area contributed by atoms with E-state index in [1.165, 1.54) is 11.1 Å². The Morgan fingerprint density at radius 2 is 1.94 bits per heavy atom. The van der Waals surface area contributed by atoms with Gasteiger partial charge in [-0.25, -0.2) is 4.79 Å². The normalized spacial score (nSPS) is 21.0. The quantitative estimate of drug-likeness (QED) is 0.470. The van der Waals surface area contributed by atoms with E-state index < -0.39 is 11.7 Å². The first-order chi connectivity index (χ1) is 16.0. The molecule has 1 aromatic carbocycles. The highest BCUT2D eigenvalue weighted by Gasteiger charge is 2.23. The molecule has 1 amide bonds. The highest BCUT2D eigenvalue weighted by molar-refractivity contribution is 6.22. The second kappa shape index (κ2) is 10.8. The van der Waals surface area contributed by atoms with Crippen LogP contribution in [0.4, 0.5) is 4.79 Å². The van der Waals surface area contributed by atoms with Gasteiger partial charge < -0.3 is 15.5 Å². The van der Waals surface area contributed by atoms with Crippen molar-refractivity contribution in [3.63, 3.8) is 0 Å². The number of allylic oxidation sites excluding steroid dienone is 6. The standard InChI is InChI=1S/C29H37N3O2/c1-19-17-25(20(2)30)21(3)31-27(18-19)23-13-9-12-22-11-7-8-15-24(22)26(16-10-14-23)32-28(33)34-29(4,5)6/h7-8,11,14-15,17-18,26,30H,1,9-10,12-13,16H2,2-6H3,(H,32,33)/b23-14+,30-20?/t26-/m0/s1. The maximum Gasteiger partial charge on any atom is 0.408 e. The van der Waals surface area contributed by atoms with Gasteiger partial charge in [0.25, 0.3) is 0 Å². The van der Waals surface area contributed by atoms with Crippen LogP contribution in [0.3, 0.4) is 0 Å². The van der Waals surface area contributed by atoms with Crippen molar-refractivity contribution in [2.45, 2.75) is 78.4 Å². The van der Waals surface area contributed by atoms with E-state index in [4.69, 9.17) is 15.1 Å². The third-order valence-electron chi connectivity index (χ3n) is 5.92. The molecule has 1 heterocycles. The number of hydrogen-bond donors (Lipinski definition) is 2. The van der Waals surface area contributed by atoms with E-state index in [0.717, 1.165) is 60.2 Å². The van der Waals surface area contributed by atoms with Crippen LogP contribution in [0.1, 0.15) is 77.5 Å². The van der Waals surface area contributed by atoms with E-state index in [1.807, 2.05) is 45.9 Å². The smallest absolute Gasteiger partial charge is 0.408 e. The second-order valence-corrected chi connectivity index (χ2v) is 10.0. The lowest BCUT2D eigenvalue weighted by molar-refractivity contribution is 0.0501. The summed E-state index contributed by atoms with van der Waals surface area (Å²) in [5, 5.41) is 11.2. The highest BCUT2D eigenvalue weighted by atomic mass is 16.6. The molecular weight excluding hydrogens is 422 g/mol. The predicted octanol–water partition coefficient (Wildman–Crippen LogP) is 7.18. The molecule has 0 saturated carbocycles. The molecule has 2 N–H and O–H groups in total. The van der Waals surface area contributed by atoms with Crippen molar-refractivity contribution < 1.29 is 9.53 Å². The van der Waals surface area contributed by atoms with Crippen molar-refractivity contribution >= 4 is 17.5 Å². The molecule has 0 aromatic heterocycles. The zero-order chi connectivity index (χ0) is 24.9. The van der Waals surface area contributed by atoms with Gasteiger partial charge in [0, 0.05) is 17.0 Å². The number of nitrogens with one attached hydrogen (secondary N) is 2. The number of aryl methyl sites for hydroxylation is 1. The fourth-order valence-corrected chi connectivity index (χ4v) is 4.41. The number of benzene rings is 1. The summed E-state index contributed by atoms with van der Waals surface area (Å²) in [5.41, 5.74) is 6.99. The molecule has 0 radical (unpaired) electrons. The summed E-state index contributed by atoms with van der Waals surface area (Å²) in [6.07, 6.45) is 10.2. The lowest BCUT2D eigenvalue weighted by Gasteiger charge is -2.26. The fraction of sp³-hybridized carbons (Fsp3) is 0.414. The Balaban J connectivity index is 1.88. The molecule has 0 saturated heterocycles. The fourth-order valence-electron chi connectivity index (χ4n) is 4.41. The lowest BCUT2D eigenvalue weighted by Crippen LogP contribution is -2.35. The van der Waals surface area contributed by atoms with Crippen LogP contribution in [0.25, 0.3) is 0 Å². The maximum absolute atomic E-state index is 12.6. The zero-order valence-electron chi connectivity index (χ0n) is 21.1. The number of rotatable bonds is 3. The average molecular weight is 460 g/mol. The first-order valence-corrected chi connectivity index (χ1v) is 12.0. The molecule has 1 atom stereocenters. The van der Waals surface area contributed by atoms with E-state index in [2.05, 4.69) is 36.2 Å². The average Bonchev–Trinajstić information content (AvgIpc) is 2.89. The van der Waals surface area contributed by atoms with E-state index in [1.54, 1.807) is 6.92 Å².